The fraction of sp³-hybridized carbons (Fsp3) is 0.619. The summed E-state index contributed by atoms with van der Waals surface area (Å²) in [5, 5.41) is 12.3. The van der Waals surface area contributed by atoms with Crippen LogP contribution in [-0.2, 0) is 9.59 Å². The van der Waals surface area contributed by atoms with Crippen LogP contribution in [0.5, 0.6) is 0 Å². The van der Waals surface area contributed by atoms with Gasteiger partial charge in [0.25, 0.3) is 0 Å². The van der Waals surface area contributed by atoms with Crippen LogP contribution >= 0.6 is 0 Å². The molecular weight excluding hydrogens is 342 g/mol. The Hall–Kier alpha value is -2.08. The number of nitrogens with one attached hydrogen (secondary N) is 1. The summed E-state index contributed by atoms with van der Waals surface area (Å²) < 4.78 is 0. The highest BCUT2D eigenvalue weighted by Gasteiger charge is 2.22. The Morgan fingerprint density at radius 3 is 2.59 bits per heavy atom. The van der Waals surface area contributed by atoms with E-state index >= 15 is 0 Å². The number of piperidine rings is 1. The number of aliphatic hydroxyl groups is 1. The summed E-state index contributed by atoms with van der Waals surface area (Å²) in [5.41, 5.74) is 1.81. The predicted octanol–water partition coefficient (Wildman–Crippen LogP) is 2.63. The first-order valence-electron chi connectivity index (χ1n) is 10.2. The summed E-state index contributed by atoms with van der Waals surface area (Å²) in [7, 11) is 0. The summed E-state index contributed by atoms with van der Waals surface area (Å²) in [5.74, 6) is 0.326. The van der Waals surface area contributed by atoms with Crippen LogP contribution in [0, 0.1) is 5.92 Å². The molecule has 0 unspecified atom stereocenters. The van der Waals surface area contributed by atoms with Crippen molar-refractivity contribution in [3.8, 4) is 0 Å². The monoisotopic (exact) mass is 373 g/mol. The number of nitrogens with zero attached hydrogens (tertiary/aromatic N) is 2. The molecule has 0 aliphatic carbocycles. The molecule has 2 fully saturated rings. The average molecular weight is 373 g/mol. The highest BCUT2D eigenvalue weighted by atomic mass is 16.3. The smallest absolute Gasteiger partial charge is 0.244 e. The first kappa shape index (κ1) is 19.7. The van der Waals surface area contributed by atoms with E-state index in [-0.39, 0.29) is 25.0 Å². The third-order valence-corrected chi connectivity index (χ3v) is 5.65. The number of amides is 2. The maximum atomic E-state index is 12.6. The zero-order chi connectivity index (χ0) is 19.1. The normalized spacial score (nSPS) is 19.5. The van der Waals surface area contributed by atoms with Gasteiger partial charge in [-0.3, -0.25) is 9.59 Å². The maximum absolute atomic E-state index is 12.6. The Morgan fingerprint density at radius 2 is 1.81 bits per heavy atom. The van der Waals surface area contributed by atoms with Crippen LogP contribution in [0.1, 0.15) is 44.9 Å². The molecule has 0 bridgehead atoms. The number of hydrogen-bond acceptors (Lipinski definition) is 4. The van der Waals surface area contributed by atoms with Gasteiger partial charge in [0, 0.05) is 32.7 Å². The first-order chi connectivity index (χ1) is 13.2. The molecular formula is C21H31N3O3. The lowest BCUT2D eigenvalue weighted by molar-refractivity contribution is -0.135. The Bertz CT molecular complexity index is 641. The quantitative estimate of drug-likeness (QED) is 0.832. The molecule has 148 valence electrons. The SMILES string of the molecule is O=C(CN1CCCCCCC1=O)Nc1ccccc1N1CCC(CO)CC1. The van der Waals surface area contributed by atoms with Gasteiger partial charge < -0.3 is 20.2 Å². The number of anilines is 2. The highest BCUT2D eigenvalue weighted by Crippen LogP contribution is 2.29. The Labute approximate surface area is 161 Å². The molecule has 6 nitrogen and oxygen atoms in total. The van der Waals surface area contributed by atoms with Gasteiger partial charge in [-0.15, -0.1) is 0 Å². The third kappa shape index (κ3) is 5.45. The molecule has 2 N–H and O–H groups in total. The van der Waals surface area contributed by atoms with E-state index < -0.39 is 0 Å². The molecule has 6 heteroatoms. The summed E-state index contributed by atoms with van der Waals surface area (Å²) in [6.45, 7) is 2.80. The molecule has 27 heavy (non-hydrogen) atoms. The second kappa shape index (κ2) is 9.74. The van der Waals surface area contributed by atoms with Gasteiger partial charge in [-0.1, -0.05) is 25.0 Å². The number of rotatable bonds is 5. The van der Waals surface area contributed by atoms with Gasteiger partial charge in [-0.2, -0.15) is 0 Å². The van der Waals surface area contributed by atoms with Crippen molar-refractivity contribution in [2.45, 2.75) is 44.9 Å². The molecule has 2 amide bonds. The van der Waals surface area contributed by atoms with Gasteiger partial charge in [0.2, 0.25) is 11.8 Å². The van der Waals surface area contributed by atoms with E-state index in [4.69, 9.17) is 0 Å². The summed E-state index contributed by atoms with van der Waals surface area (Å²) in [6, 6.07) is 7.84. The summed E-state index contributed by atoms with van der Waals surface area (Å²) in [6.07, 6.45) is 6.58. The zero-order valence-electron chi connectivity index (χ0n) is 16.0. The largest absolute Gasteiger partial charge is 0.396 e. The van der Waals surface area contributed by atoms with Crippen LogP contribution < -0.4 is 10.2 Å². The van der Waals surface area contributed by atoms with Gasteiger partial charge in [0.15, 0.2) is 0 Å². The van der Waals surface area contributed by atoms with Crippen LogP contribution in [0.15, 0.2) is 24.3 Å². The fourth-order valence-electron chi connectivity index (χ4n) is 3.96. The minimum atomic E-state index is -0.137. The molecule has 2 aliphatic rings. The highest BCUT2D eigenvalue weighted by molar-refractivity contribution is 5.97. The second-order valence-electron chi connectivity index (χ2n) is 7.66. The number of hydrogen-bond donors (Lipinski definition) is 2. The maximum Gasteiger partial charge on any atom is 0.244 e. The molecule has 0 spiro atoms. The standard InChI is InChI=1S/C21H31N3O3/c25-16-17-10-13-23(14-11-17)19-8-5-4-7-18(19)22-20(26)15-24-12-6-2-1-3-9-21(24)27/h4-5,7-8,17,25H,1-3,6,9-16H2,(H,22,26). The lowest BCUT2D eigenvalue weighted by Gasteiger charge is -2.34. The fourth-order valence-corrected chi connectivity index (χ4v) is 3.96. The Kier molecular flexibility index (Phi) is 7.10. The summed E-state index contributed by atoms with van der Waals surface area (Å²) >= 11 is 0. The lowest BCUT2D eigenvalue weighted by atomic mass is 9.97. The van der Waals surface area contributed by atoms with E-state index in [0.717, 1.165) is 63.0 Å². The van der Waals surface area contributed by atoms with E-state index in [1.165, 1.54) is 0 Å². The van der Waals surface area contributed by atoms with E-state index in [1.807, 2.05) is 24.3 Å². The number of para-hydroxylation sites is 2. The van der Waals surface area contributed by atoms with Crippen LogP contribution in [0.2, 0.25) is 0 Å². The van der Waals surface area contributed by atoms with Crippen molar-refractivity contribution in [3.63, 3.8) is 0 Å². The number of carbonyl (C=O) groups is 2. The van der Waals surface area contributed by atoms with E-state index in [0.29, 0.717) is 18.9 Å². The van der Waals surface area contributed by atoms with Crippen molar-refractivity contribution in [3.05, 3.63) is 24.3 Å². The molecule has 0 aromatic heterocycles. The van der Waals surface area contributed by atoms with Gasteiger partial charge in [-0.05, 0) is 43.7 Å². The van der Waals surface area contributed by atoms with Crippen LogP contribution in [-0.4, -0.2) is 54.6 Å². The molecule has 0 atom stereocenters. The molecule has 0 saturated carbocycles. The van der Waals surface area contributed by atoms with Gasteiger partial charge in [-0.25, -0.2) is 0 Å². The van der Waals surface area contributed by atoms with E-state index in [1.54, 1.807) is 4.90 Å². The van der Waals surface area contributed by atoms with Crippen molar-refractivity contribution in [2.24, 2.45) is 5.92 Å². The molecule has 2 heterocycles. The Balaban J connectivity index is 1.61. The zero-order valence-corrected chi connectivity index (χ0v) is 16.0. The van der Waals surface area contributed by atoms with E-state index in [2.05, 4.69) is 10.2 Å². The van der Waals surface area contributed by atoms with Crippen molar-refractivity contribution in [1.82, 2.24) is 4.90 Å². The molecule has 1 aromatic carbocycles. The minimum Gasteiger partial charge on any atom is -0.396 e. The Morgan fingerprint density at radius 1 is 1.07 bits per heavy atom. The third-order valence-electron chi connectivity index (χ3n) is 5.65. The number of aliphatic hydroxyl groups excluding tert-OH is 1. The molecule has 3 rings (SSSR count). The van der Waals surface area contributed by atoms with Crippen molar-refractivity contribution in [1.29, 1.82) is 0 Å². The van der Waals surface area contributed by atoms with Gasteiger partial charge in [0.1, 0.15) is 0 Å². The number of likely N-dealkylation sites (tertiary alicyclic amines) is 1. The number of benzene rings is 1. The van der Waals surface area contributed by atoms with Gasteiger partial charge >= 0.3 is 0 Å². The minimum absolute atomic E-state index is 0.0872. The topological polar surface area (TPSA) is 72.9 Å². The van der Waals surface area contributed by atoms with E-state index in [9.17, 15) is 14.7 Å². The molecule has 0 radical (unpaired) electrons. The van der Waals surface area contributed by atoms with Crippen LogP contribution in [0.25, 0.3) is 0 Å². The van der Waals surface area contributed by atoms with Gasteiger partial charge in [0.05, 0.1) is 17.9 Å². The second-order valence-corrected chi connectivity index (χ2v) is 7.66. The van der Waals surface area contributed by atoms with Crippen molar-refractivity contribution < 1.29 is 14.7 Å². The molecule has 1 aromatic rings. The average Bonchev–Trinajstić information content (AvgIpc) is 2.68. The summed E-state index contributed by atoms with van der Waals surface area (Å²) in [4.78, 5) is 28.8. The van der Waals surface area contributed by atoms with Crippen LogP contribution in [0.4, 0.5) is 11.4 Å². The predicted molar refractivity (Wildman–Crippen MR) is 107 cm³/mol. The first-order valence-corrected chi connectivity index (χ1v) is 10.2. The van der Waals surface area contributed by atoms with Crippen molar-refractivity contribution >= 4 is 23.2 Å². The number of carbonyl (C=O) groups excluding carboxylic acids is 2. The molecule has 2 saturated heterocycles. The van der Waals surface area contributed by atoms with Crippen LogP contribution in [0.3, 0.4) is 0 Å². The molecule has 2 aliphatic heterocycles. The lowest BCUT2D eigenvalue weighted by Crippen LogP contribution is -2.39. The van der Waals surface area contributed by atoms with Crippen molar-refractivity contribution in [2.75, 3.05) is 43.0 Å².